The van der Waals surface area contributed by atoms with Crippen LogP contribution >= 0.6 is 0 Å². The highest BCUT2D eigenvalue weighted by Crippen LogP contribution is 2.29. The van der Waals surface area contributed by atoms with Crippen LogP contribution in [0.2, 0.25) is 0 Å². The summed E-state index contributed by atoms with van der Waals surface area (Å²) >= 11 is 0. The van der Waals surface area contributed by atoms with Gasteiger partial charge < -0.3 is 5.11 Å². The quantitative estimate of drug-likeness (QED) is 0.805. The van der Waals surface area contributed by atoms with Crippen LogP contribution in [0.1, 0.15) is 18.1 Å². The average molecular weight is 216 g/mol. The Morgan fingerprint density at radius 1 is 1.27 bits per heavy atom. The second-order valence-electron chi connectivity index (χ2n) is 3.27. The van der Waals surface area contributed by atoms with E-state index in [0.29, 0.717) is 11.1 Å². The van der Waals surface area contributed by atoms with Crippen LogP contribution in [-0.4, -0.2) is 11.7 Å². The van der Waals surface area contributed by atoms with E-state index in [0.717, 1.165) is 12.1 Å². The number of benzene rings is 1. The molecule has 0 spiro atoms. The third-order valence-corrected chi connectivity index (χ3v) is 1.90. The molecule has 0 radical (unpaired) electrons. The number of aliphatic hydroxyl groups is 1. The van der Waals surface area contributed by atoms with Gasteiger partial charge in [0, 0.05) is 0 Å². The van der Waals surface area contributed by atoms with E-state index in [1.807, 2.05) is 0 Å². The minimum Gasteiger partial charge on any atom is -0.392 e. The van der Waals surface area contributed by atoms with Crippen molar-refractivity contribution < 1.29 is 18.3 Å². The van der Waals surface area contributed by atoms with Gasteiger partial charge in [0.15, 0.2) is 0 Å². The molecule has 0 saturated heterocycles. The van der Waals surface area contributed by atoms with Gasteiger partial charge in [0.1, 0.15) is 0 Å². The van der Waals surface area contributed by atoms with Crippen LogP contribution in [0.15, 0.2) is 29.8 Å². The summed E-state index contributed by atoms with van der Waals surface area (Å²) in [7, 11) is 0. The Bertz CT molecular complexity index is 349. The molecule has 82 valence electrons. The number of alkyl halides is 3. The molecule has 0 amide bonds. The van der Waals surface area contributed by atoms with Crippen LogP contribution in [0.4, 0.5) is 13.2 Å². The summed E-state index contributed by atoms with van der Waals surface area (Å²) in [6.45, 7) is 1.61. The molecule has 0 aliphatic heterocycles. The molecule has 0 atom stereocenters. The van der Waals surface area contributed by atoms with Crippen LogP contribution < -0.4 is 0 Å². The van der Waals surface area contributed by atoms with Crippen molar-refractivity contribution in [2.75, 3.05) is 6.61 Å². The van der Waals surface area contributed by atoms with E-state index in [9.17, 15) is 13.2 Å². The Hall–Kier alpha value is -1.29. The Kier molecular flexibility index (Phi) is 3.52. The molecule has 1 aromatic rings. The monoisotopic (exact) mass is 216 g/mol. The second-order valence-corrected chi connectivity index (χ2v) is 3.27. The summed E-state index contributed by atoms with van der Waals surface area (Å²) in [5, 5.41) is 8.73. The lowest BCUT2D eigenvalue weighted by atomic mass is 10.1. The molecule has 1 nitrogen and oxygen atoms in total. The molecular formula is C11H11F3O. The molecule has 0 aliphatic carbocycles. The molecule has 1 rings (SSSR count). The van der Waals surface area contributed by atoms with Crippen molar-refractivity contribution in [1.29, 1.82) is 0 Å². The van der Waals surface area contributed by atoms with Gasteiger partial charge in [-0.15, -0.1) is 0 Å². The van der Waals surface area contributed by atoms with Crippen molar-refractivity contribution in [3.8, 4) is 0 Å². The molecule has 0 fully saturated rings. The molecule has 1 N–H and O–H groups in total. The maximum absolute atomic E-state index is 12.2. The second kappa shape index (κ2) is 4.49. The van der Waals surface area contributed by atoms with Crippen molar-refractivity contribution in [2.45, 2.75) is 13.1 Å². The van der Waals surface area contributed by atoms with Gasteiger partial charge in [-0.05, 0) is 30.2 Å². The third-order valence-electron chi connectivity index (χ3n) is 1.90. The Labute approximate surface area is 85.9 Å². The van der Waals surface area contributed by atoms with Gasteiger partial charge in [0.25, 0.3) is 0 Å². The normalized spacial score (nSPS) is 13.0. The predicted molar refractivity (Wildman–Crippen MR) is 52.2 cm³/mol. The summed E-state index contributed by atoms with van der Waals surface area (Å²) in [6, 6.07) is 4.80. The highest BCUT2D eigenvalue weighted by Gasteiger charge is 2.29. The number of halogens is 3. The van der Waals surface area contributed by atoms with Crippen LogP contribution in [-0.2, 0) is 6.18 Å². The van der Waals surface area contributed by atoms with Crippen LogP contribution in [0.3, 0.4) is 0 Å². The third kappa shape index (κ3) is 3.40. The SMILES string of the molecule is C/C(=C\c1ccc(C(F)(F)F)cc1)CO. The summed E-state index contributed by atoms with van der Waals surface area (Å²) in [5.74, 6) is 0. The van der Waals surface area contributed by atoms with E-state index in [2.05, 4.69) is 0 Å². The first kappa shape index (κ1) is 11.8. The zero-order valence-corrected chi connectivity index (χ0v) is 8.17. The topological polar surface area (TPSA) is 20.2 Å². The van der Waals surface area contributed by atoms with Crippen molar-refractivity contribution >= 4 is 6.08 Å². The molecule has 0 bridgehead atoms. The van der Waals surface area contributed by atoms with Crippen molar-refractivity contribution in [1.82, 2.24) is 0 Å². The lowest BCUT2D eigenvalue weighted by Crippen LogP contribution is -2.04. The molecule has 0 saturated carbocycles. The molecule has 15 heavy (non-hydrogen) atoms. The molecular weight excluding hydrogens is 205 g/mol. The fraction of sp³-hybridized carbons (Fsp3) is 0.273. The Morgan fingerprint density at radius 3 is 2.20 bits per heavy atom. The fourth-order valence-electron chi connectivity index (χ4n) is 1.10. The van der Waals surface area contributed by atoms with E-state index >= 15 is 0 Å². The largest absolute Gasteiger partial charge is 0.416 e. The first-order chi connectivity index (χ1) is 6.93. The van der Waals surface area contributed by atoms with Crippen LogP contribution in [0.25, 0.3) is 6.08 Å². The number of rotatable bonds is 2. The van der Waals surface area contributed by atoms with Gasteiger partial charge in [-0.25, -0.2) is 0 Å². The zero-order valence-electron chi connectivity index (χ0n) is 8.17. The highest BCUT2D eigenvalue weighted by molar-refractivity contribution is 5.53. The molecule has 0 heterocycles. The summed E-state index contributed by atoms with van der Waals surface area (Å²) < 4.78 is 36.6. The Balaban J connectivity index is 2.91. The fourth-order valence-corrected chi connectivity index (χ4v) is 1.10. The lowest BCUT2D eigenvalue weighted by molar-refractivity contribution is -0.137. The van der Waals surface area contributed by atoms with Gasteiger partial charge >= 0.3 is 6.18 Å². The molecule has 4 heteroatoms. The van der Waals surface area contributed by atoms with Crippen molar-refractivity contribution in [3.63, 3.8) is 0 Å². The standard InChI is InChI=1S/C11H11F3O/c1-8(7-15)6-9-2-4-10(5-3-9)11(12,13)14/h2-6,15H,7H2,1H3/b8-6+. The zero-order chi connectivity index (χ0) is 11.5. The maximum atomic E-state index is 12.2. The van der Waals surface area contributed by atoms with E-state index < -0.39 is 11.7 Å². The highest BCUT2D eigenvalue weighted by atomic mass is 19.4. The minimum absolute atomic E-state index is 0.0962. The smallest absolute Gasteiger partial charge is 0.392 e. The van der Waals surface area contributed by atoms with Gasteiger partial charge in [-0.3, -0.25) is 0 Å². The van der Waals surface area contributed by atoms with Crippen LogP contribution in [0, 0.1) is 0 Å². The molecule has 0 unspecified atom stereocenters. The molecule has 0 aromatic heterocycles. The average Bonchev–Trinajstić information content (AvgIpc) is 2.17. The van der Waals surface area contributed by atoms with Gasteiger partial charge in [-0.1, -0.05) is 18.2 Å². The van der Waals surface area contributed by atoms with Crippen molar-refractivity contribution in [3.05, 3.63) is 41.0 Å². The number of aliphatic hydroxyl groups excluding tert-OH is 1. The summed E-state index contributed by atoms with van der Waals surface area (Å²) in [4.78, 5) is 0. The summed E-state index contributed by atoms with van der Waals surface area (Å²) in [5.41, 5.74) is 0.686. The number of hydrogen-bond donors (Lipinski definition) is 1. The maximum Gasteiger partial charge on any atom is 0.416 e. The molecule has 0 aliphatic rings. The summed E-state index contributed by atoms with van der Waals surface area (Å²) in [6.07, 6.45) is -2.66. The first-order valence-corrected chi connectivity index (χ1v) is 4.39. The predicted octanol–water partition coefficient (Wildman–Crippen LogP) is 3.10. The van der Waals surface area contributed by atoms with E-state index in [1.54, 1.807) is 13.0 Å². The Morgan fingerprint density at radius 2 is 1.80 bits per heavy atom. The first-order valence-electron chi connectivity index (χ1n) is 4.39. The van der Waals surface area contributed by atoms with Gasteiger partial charge in [0.2, 0.25) is 0 Å². The van der Waals surface area contributed by atoms with Crippen molar-refractivity contribution in [2.24, 2.45) is 0 Å². The number of hydrogen-bond acceptors (Lipinski definition) is 1. The van der Waals surface area contributed by atoms with Crippen LogP contribution in [0.5, 0.6) is 0 Å². The molecule has 1 aromatic carbocycles. The van der Waals surface area contributed by atoms with Gasteiger partial charge in [0.05, 0.1) is 12.2 Å². The van der Waals surface area contributed by atoms with E-state index in [1.165, 1.54) is 12.1 Å². The minimum atomic E-state index is -4.30. The van der Waals surface area contributed by atoms with E-state index in [-0.39, 0.29) is 6.61 Å². The van der Waals surface area contributed by atoms with Gasteiger partial charge in [-0.2, -0.15) is 13.2 Å². The van der Waals surface area contributed by atoms with E-state index in [4.69, 9.17) is 5.11 Å². The lowest BCUT2D eigenvalue weighted by Gasteiger charge is -2.06.